The first kappa shape index (κ1) is 12.8. The highest BCUT2D eigenvalue weighted by Gasteiger charge is 2.14. The Morgan fingerprint density at radius 1 is 1.50 bits per heavy atom. The Morgan fingerprint density at radius 3 is 2.69 bits per heavy atom. The van der Waals surface area contributed by atoms with Crippen LogP contribution < -0.4 is 10.1 Å². The van der Waals surface area contributed by atoms with Crippen LogP contribution in [0.1, 0.15) is 30.5 Å². The van der Waals surface area contributed by atoms with E-state index in [2.05, 4.69) is 37.0 Å². The SMILES string of the molecule is C=C(C)CC(NC)c1ccc(C)cc1OC. The van der Waals surface area contributed by atoms with Crippen molar-refractivity contribution in [3.8, 4) is 5.75 Å². The Bertz CT molecular complexity index is 371. The van der Waals surface area contributed by atoms with Gasteiger partial charge < -0.3 is 10.1 Å². The number of methoxy groups -OCH3 is 1. The van der Waals surface area contributed by atoms with Crippen molar-refractivity contribution in [1.82, 2.24) is 5.32 Å². The third kappa shape index (κ3) is 3.11. The zero-order valence-corrected chi connectivity index (χ0v) is 10.6. The van der Waals surface area contributed by atoms with Crippen molar-refractivity contribution < 1.29 is 4.74 Å². The third-order valence-electron chi connectivity index (χ3n) is 2.67. The van der Waals surface area contributed by atoms with Gasteiger partial charge in [0.05, 0.1) is 7.11 Å². The summed E-state index contributed by atoms with van der Waals surface area (Å²) in [5, 5.41) is 3.30. The highest BCUT2D eigenvalue weighted by Crippen LogP contribution is 2.29. The zero-order chi connectivity index (χ0) is 12.1. The Balaban J connectivity index is 3.03. The summed E-state index contributed by atoms with van der Waals surface area (Å²) < 4.78 is 5.42. The topological polar surface area (TPSA) is 21.3 Å². The molecule has 0 bridgehead atoms. The van der Waals surface area contributed by atoms with Crippen LogP contribution in [0.15, 0.2) is 30.4 Å². The number of ether oxygens (including phenoxy) is 1. The van der Waals surface area contributed by atoms with Gasteiger partial charge in [0.1, 0.15) is 5.75 Å². The van der Waals surface area contributed by atoms with Gasteiger partial charge >= 0.3 is 0 Å². The van der Waals surface area contributed by atoms with Gasteiger partial charge in [0.25, 0.3) is 0 Å². The number of hydrogen-bond donors (Lipinski definition) is 1. The van der Waals surface area contributed by atoms with Crippen LogP contribution in [0.25, 0.3) is 0 Å². The average molecular weight is 219 g/mol. The molecule has 16 heavy (non-hydrogen) atoms. The Labute approximate surface area is 98.3 Å². The van der Waals surface area contributed by atoms with Crippen molar-refractivity contribution in [2.24, 2.45) is 0 Å². The van der Waals surface area contributed by atoms with Crippen LogP contribution in [0.2, 0.25) is 0 Å². The van der Waals surface area contributed by atoms with E-state index in [-0.39, 0.29) is 6.04 Å². The second-order valence-corrected chi connectivity index (χ2v) is 4.25. The summed E-state index contributed by atoms with van der Waals surface area (Å²) in [6.45, 7) is 8.08. The van der Waals surface area contributed by atoms with Gasteiger partial charge in [-0.25, -0.2) is 0 Å². The van der Waals surface area contributed by atoms with Crippen molar-refractivity contribution in [2.75, 3.05) is 14.2 Å². The summed E-state index contributed by atoms with van der Waals surface area (Å²) in [6, 6.07) is 6.57. The lowest BCUT2D eigenvalue weighted by atomic mass is 9.98. The highest BCUT2D eigenvalue weighted by molar-refractivity contribution is 5.39. The smallest absolute Gasteiger partial charge is 0.123 e. The number of rotatable bonds is 5. The molecule has 1 aromatic carbocycles. The second kappa shape index (κ2) is 5.71. The van der Waals surface area contributed by atoms with Crippen LogP contribution >= 0.6 is 0 Å². The van der Waals surface area contributed by atoms with Crippen molar-refractivity contribution in [2.45, 2.75) is 26.3 Å². The van der Waals surface area contributed by atoms with Crippen molar-refractivity contribution in [3.63, 3.8) is 0 Å². The fraction of sp³-hybridized carbons (Fsp3) is 0.429. The van der Waals surface area contributed by atoms with Gasteiger partial charge in [-0.3, -0.25) is 0 Å². The summed E-state index contributed by atoms with van der Waals surface area (Å²) in [6.07, 6.45) is 0.927. The zero-order valence-electron chi connectivity index (χ0n) is 10.6. The minimum Gasteiger partial charge on any atom is -0.496 e. The van der Waals surface area contributed by atoms with Crippen LogP contribution in [0.3, 0.4) is 0 Å². The lowest BCUT2D eigenvalue weighted by Gasteiger charge is -2.19. The van der Waals surface area contributed by atoms with E-state index in [1.807, 2.05) is 14.0 Å². The van der Waals surface area contributed by atoms with Crippen molar-refractivity contribution in [1.29, 1.82) is 0 Å². The molecule has 0 amide bonds. The normalized spacial score (nSPS) is 12.2. The van der Waals surface area contributed by atoms with Gasteiger partial charge in [0.15, 0.2) is 0 Å². The maximum absolute atomic E-state index is 5.42. The standard InChI is InChI=1S/C14H21NO/c1-10(2)8-13(15-4)12-7-6-11(3)9-14(12)16-5/h6-7,9,13,15H,1,8H2,2-5H3. The highest BCUT2D eigenvalue weighted by atomic mass is 16.5. The molecule has 0 aliphatic carbocycles. The molecule has 1 unspecified atom stereocenters. The van der Waals surface area contributed by atoms with E-state index in [9.17, 15) is 0 Å². The van der Waals surface area contributed by atoms with Crippen LogP contribution in [-0.2, 0) is 0 Å². The first-order chi connectivity index (χ1) is 7.58. The molecule has 1 aromatic rings. The first-order valence-corrected chi connectivity index (χ1v) is 5.54. The molecule has 0 saturated carbocycles. The fourth-order valence-electron chi connectivity index (χ4n) is 1.82. The third-order valence-corrected chi connectivity index (χ3v) is 2.67. The first-order valence-electron chi connectivity index (χ1n) is 5.54. The fourth-order valence-corrected chi connectivity index (χ4v) is 1.82. The van der Waals surface area contributed by atoms with Crippen LogP contribution in [-0.4, -0.2) is 14.2 Å². The summed E-state index contributed by atoms with van der Waals surface area (Å²) in [5.74, 6) is 0.945. The van der Waals surface area contributed by atoms with Crippen LogP contribution in [0, 0.1) is 6.92 Å². The second-order valence-electron chi connectivity index (χ2n) is 4.25. The van der Waals surface area contributed by atoms with Gasteiger partial charge in [-0.2, -0.15) is 0 Å². The van der Waals surface area contributed by atoms with Crippen LogP contribution in [0.4, 0.5) is 0 Å². The average Bonchev–Trinajstić information content (AvgIpc) is 2.25. The van der Waals surface area contributed by atoms with E-state index in [1.54, 1.807) is 7.11 Å². The summed E-state index contributed by atoms with van der Waals surface area (Å²) in [4.78, 5) is 0. The monoisotopic (exact) mass is 219 g/mol. The Morgan fingerprint density at radius 2 is 2.19 bits per heavy atom. The molecule has 0 aromatic heterocycles. The molecular weight excluding hydrogens is 198 g/mol. The molecule has 0 radical (unpaired) electrons. The minimum atomic E-state index is 0.271. The molecule has 0 spiro atoms. The number of benzene rings is 1. The van der Waals surface area contributed by atoms with Gasteiger partial charge in [0, 0.05) is 11.6 Å². The maximum atomic E-state index is 5.42. The molecule has 0 fully saturated rings. The number of nitrogens with one attached hydrogen (secondary N) is 1. The molecule has 2 nitrogen and oxygen atoms in total. The molecule has 0 aliphatic rings. The molecule has 1 rings (SSSR count). The van der Waals surface area contributed by atoms with E-state index in [1.165, 1.54) is 16.7 Å². The van der Waals surface area contributed by atoms with E-state index in [4.69, 9.17) is 4.74 Å². The van der Waals surface area contributed by atoms with Crippen molar-refractivity contribution >= 4 is 0 Å². The Kier molecular flexibility index (Phi) is 4.56. The van der Waals surface area contributed by atoms with Crippen molar-refractivity contribution in [3.05, 3.63) is 41.5 Å². The molecular formula is C14H21NO. The van der Waals surface area contributed by atoms with E-state index in [0.717, 1.165) is 12.2 Å². The summed E-state index contributed by atoms with van der Waals surface area (Å²) >= 11 is 0. The van der Waals surface area contributed by atoms with Crippen LogP contribution in [0.5, 0.6) is 5.75 Å². The largest absolute Gasteiger partial charge is 0.496 e. The molecule has 88 valence electrons. The quantitative estimate of drug-likeness (QED) is 0.768. The predicted molar refractivity (Wildman–Crippen MR) is 69.0 cm³/mol. The maximum Gasteiger partial charge on any atom is 0.123 e. The van der Waals surface area contributed by atoms with E-state index >= 15 is 0 Å². The molecule has 0 aliphatic heterocycles. The van der Waals surface area contributed by atoms with Gasteiger partial charge in [-0.15, -0.1) is 6.58 Å². The molecule has 0 heterocycles. The Hall–Kier alpha value is -1.28. The van der Waals surface area contributed by atoms with Gasteiger partial charge in [0.2, 0.25) is 0 Å². The predicted octanol–water partition coefficient (Wildman–Crippen LogP) is 3.23. The summed E-state index contributed by atoms with van der Waals surface area (Å²) in [7, 11) is 3.68. The van der Waals surface area contributed by atoms with Gasteiger partial charge in [-0.05, 0) is 38.9 Å². The molecule has 0 saturated heterocycles. The van der Waals surface area contributed by atoms with E-state index in [0.29, 0.717) is 0 Å². The lowest BCUT2D eigenvalue weighted by molar-refractivity contribution is 0.401. The molecule has 2 heteroatoms. The minimum absolute atomic E-state index is 0.271. The molecule has 1 N–H and O–H groups in total. The van der Waals surface area contributed by atoms with Gasteiger partial charge in [-0.1, -0.05) is 17.7 Å². The lowest BCUT2D eigenvalue weighted by Crippen LogP contribution is -2.17. The number of aryl methyl sites for hydroxylation is 1. The summed E-state index contributed by atoms with van der Waals surface area (Å²) in [5.41, 5.74) is 3.58. The number of hydrogen-bond acceptors (Lipinski definition) is 2. The molecule has 1 atom stereocenters. The van der Waals surface area contributed by atoms with E-state index < -0.39 is 0 Å².